The molecule has 84 valence electrons. The molecule has 1 aromatic heterocycles. The summed E-state index contributed by atoms with van der Waals surface area (Å²) < 4.78 is 5.33. The summed E-state index contributed by atoms with van der Waals surface area (Å²) >= 11 is 0. The first-order chi connectivity index (χ1) is 7.86. The number of methoxy groups -OCH3 is 1. The van der Waals surface area contributed by atoms with Crippen LogP contribution in [0.1, 0.15) is 13.3 Å². The number of hydrogen-bond acceptors (Lipinski definition) is 3. The van der Waals surface area contributed by atoms with Gasteiger partial charge in [0.05, 0.1) is 7.11 Å². The Kier molecular flexibility index (Phi) is 3.25. The SMILES string of the molecule is CCCNc1nccc2c(OC)cccc12. The van der Waals surface area contributed by atoms with Crippen LogP contribution in [0.2, 0.25) is 0 Å². The van der Waals surface area contributed by atoms with Crippen LogP contribution in [0.4, 0.5) is 5.82 Å². The Morgan fingerprint density at radius 3 is 2.88 bits per heavy atom. The van der Waals surface area contributed by atoms with Crippen molar-refractivity contribution < 1.29 is 4.74 Å². The summed E-state index contributed by atoms with van der Waals surface area (Å²) in [6, 6.07) is 7.99. The van der Waals surface area contributed by atoms with Crippen molar-refractivity contribution in [3.8, 4) is 5.75 Å². The summed E-state index contributed by atoms with van der Waals surface area (Å²) in [6.45, 7) is 3.07. The molecule has 0 unspecified atom stereocenters. The van der Waals surface area contributed by atoms with Crippen LogP contribution < -0.4 is 10.1 Å². The lowest BCUT2D eigenvalue weighted by molar-refractivity contribution is 0.420. The van der Waals surface area contributed by atoms with E-state index in [2.05, 4.69) is 23.3 Å². The Morgan fingerprint density at radius 2 is 2.12 bits per heavy atom. The Morgan fingerprint density at radius 1 is 1.25 bits per heavy atom. The lowest BCUT2D eigenvalue weighted by atomic mass is 10.1. The molecule has 1 N–H and O–H groups in total. The van der Waals surface area contributed by atoms with E-state index >= 15 is 0 Å². The highest BCUT2D eigenvalue weighted by molar-refractivity contribution is 5.95. The largest absolute Gasteiger partial charge is 0.496 e. The molecule has 3 nitrogen and oxygen atoms in total. The van der Waals surface area contributed by atoms with Crippen LogP contribution in [-0.2, 0) is 0 Å². The first-order valence-corrected chi connectivity index (χ1v) is 5.52. The first-order valence-electron chi connectivity index (χ1n) is 5.52. The summed E-state index contributed by atoms with van der Waals surface area (Å²) in [6.07, 6.45) is 2.89. The smallest absolute Gasteiger partial charge is 0.133 e. The average molecular weight is 216 g/mol. The Labute approximate surface area is 95.5 Å². The summed E-state index contributed by atoms with van der Waals surface area (Å²) in [5.74, 6) is 1.82. The van der Waals surface area contributed by atoms with E-state index < -0.39 is 0 Å². The Bertz CT molecular complexity index is 482. The minimum Gasteiger partial charge on any atom is -0.496 e. The van der Waals surface area contributed by atoms with Crippen LogP contribution in [0, 0.1) is 0 Å². The second-order valence-corrected chi connectivity index (χ2v) is 3.64. The third-order valence-corrected chi connectivity index (χ3v) is 2.53. The number of ether oxygens (including phenoxy) is 1. The lowest BCUT2D eigenvalue weighted by Gasteiger charge is -2.09. The number of nitrogens with zero attached hydrogens (tertiary/aromatic N) is 1. The molecule has 2 aromatic rings. The molecule has 0 aliphatic carbocycles. The predicted octanol–water partition coefficient (Wildman–Crippen LogP) is 3.07. The van der Waals surface area contributed by atoms with Gasteiger partial charge in [0, 0.05) is 23.5 Å². The molecule has 0 amide bonds. The minimum atomic E-state index is 0.888. The Balaban J connectivity index is 2.51. The number of hydrogen-bond donors (Lipinski definition) is 1. The highest BCUT2D eigenvalue weighted by atomic mass is 16.5. The number of nitrogens with one attached hydrogen (secondary N) is 1. The summed E-state index contributed by atoms with van der Waals surface area (Å²) in [5, 5.41) is 5.52. The molecule has 0 saturated carbocycles. The molecule has 0 aliphatic heterocycles. The summed E-state index contributed by atoms with van der Waals surface area (Å²) in [5.41, 5.74) is 0. The van der Waals surface area contributed by atoms with Gasteiger partial charge < -0.3 is 10.1 Å². The predicted molar refractivity (Wildman–Crippen MR) is 67.1 cm³/mol. The third kappa shape index (κ3) is 1.94. The van der Waals surface area contributed by atoms with Crippen molar-refractivity contribution >= 4 is 16.6 Å². The molecular formula is C13H16N2O. The normalized spacial score (nSPS) is 10.4. The monoisotopic (exact) mass is 216 g/mol. The topological polar surface area (TPSA) is 34.2 Å². The van der Waals surface area contributed by atoms with Gasteiger partial charge in [0.15, 0.2) is 0 Å². The van der Waals surface area contributed by atoms with E-state index in [1.807, 2.05) is 24.4 Å². The summed E-state index contributed by atoms with van der Waals surface area (Å²) in [7, 11) is 1.69. The van der Waals surface area contributed by atoms with E-state index in [-0.39, 0.29) is 0 Å². The molecule has 0 aliphatic rings. The van der Waals surface area contributed by atoms with E-state index in [4.69, 9.17) is 4.74 Å². The van der Waals surface area contributed by atoms with Crippen LogP contribution >= 0.6 is 0 Å². The van der Waals surface area contributed by atoms with E-state index in [1.165, 1.54) is 0 Å². The Hall–Kier alpha value is -1.77. The second-order valence-electron chi connectivity index (χ2n) is 3.64. The lowest BCUT2D eigenvalue weighted by Crippen LogP contribution is -2.02. The van der Waals surface area contributed by atoms with Crippen molar-refractivity contribution in [3.05, 3.63) is 30.5 Å². The highest BCUT2D eigenvalue weighted by Crippen LogP contribution is 2.28. The van der Waals surface area contributed by atoms with E-state index in [9.17, 15) is 0 Å². The molecule has 3 heteroatoms. The third-order valence-electron chi connectivity index (χ3n) is 2.53. The summed E-state index contributed by atoms with van der Waals surface area (Å²) in [4.78, 5) is 4.35. The fraction of sp³-hybridized carbons (Fsp3) is 0.308. The van der Waals surface area contributed by atoms with Crippen LogP contribution in [0.25, 0.3) is 10.8 Å². The second kappa shape index (κ2) is 4.84. The van der Waals surface area contributed by atoms with Crippen molar-refractivity contribution in [1.29, 1.82) is 0 Å². The van der Waals surface area contributed by atoms with Gasteiger partial charge in [-0.2, -0.15) is 0 Å². The van der Waals surface area contributed by atoms with Gasteiger partial charge >= 0.3 is 0 Å². The first kappa shape index (κ1) is 10.7. The fourth-order valence-electron chi connectivity index (χ4n) is 1.74. The van der Waals surface area contributed by atoms with Crippen LogP contribution in [-0.4, -0.2) is 18.6 Å². The van der Waals surface area contributed by atoms with Crippen molar-refractivity contribution in [2.45, 2.75) is 13.3 Å². The van der Waals surface area contributed by atoms with E-state index in [1.54, 1.807) is 7.11 Å². The van der Waals surface area contributed by atoms with Crippen molar-refractivity contribution in [2.24, 2.45) is 0 Å². The number of fused-ring (bicyclic) bond motifs is 1. The van der Waals surface area contributed by atoms with Crippen molar-refractivity contribution in [3.63, 3.8) is 0 Å². The highest BCUT2D eigenvalue weighted by Gasteiger charge is 2.05. The number of rotatable bonds is 4. The minimum absolute atomic E-state index is 0.888. The van der Waals surface area contributed by atoms with Gasteiger partial charge in [0.25, 0.3) is 0 Å². The van der Waals surface area contributed by atoms with Crippen LogP contribution in [0.15, 0.2) is 30.5 Å². The van der Waals surface area contributed by atoms with Gasteiger partial charge in [0.1, 0.15) is 11.6 Å². The quantitative estimate of drug-likeness (QED) is 0.852. The molecule has 1 aromatic carbocycles. The maximum Gasteiger partial charge on any atom is 0.133 e. The zero-order valence-corrected chi connectivity index (χ0v) is 9.66. The van der Waals surface area contributed by atoms with Crippen LogP contribution in [0.5, 0.6) is 5.75 Å². The number of benzene rings is 1. The number of aromatic nitrogens is 1. The molecule has 1 heterocycles. The van der Waals surface area contributed by atoms with Gasteiger partial charge in [-0.3, -0.25) is 0 Å². The van der Waals surface area contributed by atoms with Crippen molar-refractivity contribution in [2.75, 3.05) is 19.0 Å². The van der Waals surface area contributed by atoms with Crippen LogP contribution in [0.3, 0.4) is 0 Å². The molecule has 0 bridgehead atoms. The fourth-order valence-corrected chi connectivity index (χ4v) is 1.74. The van der Waals surface area contributed by atoms with Gasteiger partial charge in [-0.25, -0.2) is 4.98 Å². The van der Waals surface area contributed by atoms with Crippen molar-refractivity contribution in [1.82, 2.24) is 4.98 Å². The average Bonchev–Trinajstić information content (AvgIpc) is 2.35. The van der Waals surface area contributed by atoms with Gasteiger partial charge in [0.2, 0.25) is 0 Å². The molecule has 0 fully saturated rings. The van der Waals surface area contributed by atoms with E-state index in [0.717, 1.165) is 35.3 Å². The molecule has 0 saturated heterocycles. The van der Waals surface area contributed by atoms with E-state index in [0.29, 0.717) is 0 Å². The molecule has 2 rings (SSSR count). The number of anilines is 1. The molecule has 0 atom stereocenters. The maximum absolute atomic E-state index is 5.33. The van der Waals surface area contributed by atoms with Gasteiger partial charge in [-0.05, 0) is 18.6 Å². The molecule has 16 heavy (non-hydrogen) atoms. The molecule has 0 radical (unpaired) electrons. The molecular weight excluding hydrogens is 200 g/mol. The standard InChI is InChI=1S/C13H16N2O/c1-3-8-14-13-11-5-4-6-12(16-2)10(11)7-9-15-13/h4-7,9H,3,8H2,1-2H3,(H,14,15). The van der Waals surface area contributed by atoms with Gasteiger partial charge in [-0.1, -0.05) is 19.1 Å². The molecule has 0 spiro atoms. The maximum atomic E-state index is 5.33. The number of pyridine rings is 1. The zero-order chi connectivity index (χ0) is 11.4. The zero-order valence-electron chi connectivity index (χ0n) is 9.66. The van der Waals surface area contributed by atoms with Gasteiger partial charge in [-0.15, -0.1) is 0 Å².